The van der Waals surface area contributed by atoms with Gasteiger partial charge < -0.3 is 14.5 Å². The molecule has 1 aromatic carbocycles. The fourth-order valence-corrected chi connectivity index (χ4v) is 2.42. The summed E-state index contributed by atoms with van der Waals surface area (Å²) in [6.45, 7) is 7.58. The van der Waals surface area contributed by atoms with Gasteiger partial charge in [0, 0.05) is 6.04 Å². The van der Waals surface area contributed by atoms with Gasteiger partial charge in [-0.15, -0.1) is 0 Å². The van der Waals surface area contributed by atoms with Crippen LogP contribution in [0.2, 0.25) is 0 Å². The number of hydrogen-bond donors (Lipinski definition) is 1. The van der Waals surface area contributed by atoms with Crippen LogP contribution < -0.4 is 10.1 Å². The number of rotatable bonds is 6. The normalized spacial score (nSPS) is 14.4. The molecule has 2 aromatic rings. The summed E-state index contributed by atoms with van der Waals surface area (Å²) in [6, 6.07) is 8.97. The van der Waals surface area contributed by atoms with E-state index in [1.165, 1.54) is 29.5 Å². The second kappa shape index (κ2) is 5.94. The minimum atomic E-state index is 0.481. The first-order chi connectivity index (χ1) is 10.1. The predicted molar refractivity (Wildman–Crippen MR) is 83.6 cm³/mol. The number of hydrogen-bond acceptors (Lipinski definition) is 3. The van der Waals surface area contributed by atoms with Gasteiger partial charge in [0.2, 0.25) is 0 Å². The molecule has 3 heteroatoms. The monoisotopic (exact) mass is 285 g/mol. The molecule has 3 rings (SSSR count). The molecule has 3 nitrogen and oxygen atoms in total. The summed E-state index contributed by atoms with van der Waals surface area (Å²) >= 11 is 0. The van der Waals surface area contributed by atoms with Gasteiger partial charge in [0.05, 0.1) is 6.54 Å². The lowest BCUT2D eigenvalue weighted by Gasteiger charge is -2.13. The van der Waals surface area contributed by atoms with E-state index < -0.39 is 0 Å². The molecule has 21 heavy (non-hydrogen) atoms. The van der Waals surface area contributed by atoms with Gasteiger partial charge in [-0.3, -0.25) is 0 Å². The van der Waals surface area contributed by atoms with Crippen LogP contribution in [0.1, 0.15) is 41.1 Å². The van der Waals surface area contributed by atoms with Gasteiger partial charge in [0.15, 0.2) is 0 Å². The molecule has 0 radical (unpaired) electrons. The molecule has 0 bridgehead atoms. The molecule has 0 atom stereocenters. The van der Waals surface area contributed by atoms with Crippen LogP contribution in [0.5, 0.6) is 5.75 Å². The Morgan fingerprint density at radius 1 is 1.05 bits per heavy atom. The minimum Gasteiger partial charge on any atom is -0.485 e. The van der Waals surface area contributed by atoms with Crippen molar-refractivity contribution in [2.24, 2.45) is 0 Å². The summed E-state index contributed by atoms with van der Waals surface area (Å²) in [5, 5.41) is 3.45. The van der Waals surface area contributed by atoms with Gasteiger partial charge in [-0.05, 0) is 62.4 Å². The topological polar surface area (TPSA) is 34.4 Å². The maximum absolute atomic E-state index is 5.97. The van der Waals surface area contributed by atoms with Crippen molar-refractivity contribution >= 4 is 0 Å². The lowest BCUT2D eigenvalue weighted by atomic mass is 10.1. The second-order valence-corrected chi connectivity index (χ2v) is 5.97. The highest BCUT2D eigenvalue weighted by atomic mass is 16.5. The zero-order valence-corrected chi connectivity index (χ0v) is 13.0. The van der Waals surface area contributed by atoms with E-state index in [0.717, 1.165) is 23.8 Å². The van der Waals surface area contributed by atoms with Crippen molar-refractivity contribution in [3.05, 3.63) is 52.5 Å². The van der Waals surface area contributed by atoms with Crippen LogP contribution in [-0.2, 0) is 13.2 Å². The van der Waals surface area contributed by atoms with Crippen LogP contribution in [-0.4, -0.2) is 6.04 Å². The molecule has 1 aromatic heterocycles. The molecule has 1 N–H and O–H groups in total. The number of benzene rings is 1. The molecular weight excluding hydrogens is 262 g/mol. The third-order valence-electron chi connectivity index (χ3n) is 4.09. The van der Waals surface area contributed by atoms with Crippen molar-refractivity contribution in [2.45, 2.75) is 52.8 Å². The second-order valence-electron chi connectivity index (χ2n) is 5.97. The Morgan fingerprint density at radius 3 is 2.52 bits per heavy atom. The van der Waals surface area contributed by atoms with Crippen LogP contribution in [0.3, 0.4) is 0 Å². The van der Waals surface area contributed by atoms with Gasteiger partial charge in [-0.1, -0.05) is 12.1 Å². The zero-order chi connectivity index (χ0) is 14.8. The highest BCUT2D eigenvalue weighted by Gasteiger charge is 2.20. The van der Waals surface area contributed by atoms with Gasteiger partial charge in [0.1, 0.15) is 23.9 Å². The van der Waals surface area contributed by atoms with Crippen molar-refractivity contribution in [1.29, 1.82) is 0 Å². The van der Waals surface area contributed by atoms with Gasteiger partial charge >= 0.3 is 0 Å². The highest BCUT2D eigenvalue weighted by molar-refractivity contribution is 5.44. The van der Waals surface area contributed by atoms with E-state index in [1.807, 2.05) is 12.1 Å². The van der Waals surface area contributed by atoms with E-state index in [4.69, 9.17) is 9.15 Å². The third kappa shape index (κ3) is 3.48. The maximum Gasteiger partial charge on any atom is 0.146 e. The Balaban J connectivity index is 1.60. The fraction of sp³-hybridized carbons (Fsp3) is 0.444. The zero-order valence-electron chi connectivity index (χ0n) is 13.0. The Labute approximate surface area is 126 Å². The van der Waals surface area contributed by atoms with Crippen LogP contribution in [0.4, 0.5) is 0 Å². The summed E-state index contributed by atoms with van der Waals surface area (Å²) in [4.78, 5) is 0. The number of aryl methyl sites for hydroxylation is 2. The molecule has 1 aliphatic carbocycles. The average Bonchev–Trinajstić information content (AvgIpc) is 3.20. The fourth-order valence-electron chi connectivity index (χ4n) is 2.42. The van der Waals surface area contributed by atoms with Crippen molar-refractivity contribution in [2.75, 3.05) is 0 Å². The molecule has 1 fully saturated rings. The Kier molecular flexibility index (Phi) is 4.02. The highest BCUT2D eigenvalue weighted by Crippen LogP contribution is 2.27. The van der Waals surface area contributed by atoms with E-state index in [-0.39, 0.29) is 0 Å². The molecule has 1 saturated carbocycles. The minimum absolute atomic E-state index is 0.481. The summed E-state index contributed by atoms with van der Waals surface area (Å²) in [5.41, 5.74) is 3.63. The van der Waals surface area contributed by atoms with Gasteiger partial charge in [-0.2, -0.15) is 0 Å². The average molecular weight is 285 g/mol. The third-order valence-corrected chi connectivity index (χ3v) is 4.09. The lowest BCUT2D eigenvalue weighted by molar-refractivity contribution is 0.262. The molecule has 0 saturated heterocycles. The first-order valence-corrected chi connectivity index (χ1v) is 7.64. The van der Waals surface area contributed by atoms with E-state index in [2.05, 4.69) is 38.2 Å². The number of ether oxygens (including phenoxy) is 1. The van der Waals surface area contributed by atoms with Crippen LogP contribution in [0, 0.1) is 20.8 Å². The molecule has 0 amide bonds. The quantitative estimate of drug-likeness (QED) is 0.870. The SMILES string of the molecule is Cc1ccc(C)c(OCc2ccc(CNC3CC3)o2)c1C. The first kappa shape index (κ1) is 14.2. The standard InChI is InChI=1S/C18H23NO2/c1-12-4-5-13(2)18(14(12)3)20-11-17-9-8-16(21-17)10-19-15-6-7-15/h4-5,8-9,15,19H,6-7,10-11H2,1-3H3. The van der Waals surface area contributed by atoms with Crippen molar-refractivity contribution in [1.82, 2.24) is 5.32 Å². The van der Waals surface area contributed by atoms with Crippen LogP contribution >= 0.6 is 0 Å². The van der Waals surface area contributed by atoms with Crippen molar-refractivity contribution < 1.29 is 9.15 Å². The Bertz CT molecular complexity index is 626. The first-order valence-electron chi connectivity index (χ1n) is 7.64. The van der Waals surface area contributed by atoms with Crippen LogP contribution in [0.25, 0.3) is 0 Å². The number of furan rings is 1. The molecule has 112 valence electrons. The molecule has 1 heterocycles. The number of nitrogens with one attached hydrogen (secondary N) is 1. The summed E-state index contributed by atoms with van der Waals surface area (Å²) in [5.74, 6) is 2.84. The molecule has 0 aliphatic heterocycles. The lowest BCUT2D eigenvalue weighted by Crippen LogP contribution is -2.14. The molecule has 0 unspecified atom stereocenters. The molecular formula is C18H23NO2. The van der Waals surface area contributed by atoms with E-state index >= 15 is 0 Å². The van der Waals surface area contributed by atoms with Crippen molar-refractivity contribution in [3.63, 3.8) is 0 Å². The van der Waals surface area contributed by atoms with Gasteiger partial charge in [0.25, 0.3) is 0 Å². The van der Waals surface area contributed by atoms with Gasteiger partial charge in [-0.25, -0.2) is 0 Å². The van der Waals surface area contributed by atoms with E-state index in [9.17, 15) is 0 Å². The summed E-state index contributed by atoms with van der Waals surface area (Å²) < 4.78 is 11.8. The van der Waals surface area contributed by atoms with Crippen molar-refractivity contribution in [3.8, 4) is 5.75 Å². The molecule has 0 spiro atoms. The maximum atomic E-state index is 5.97. The van der Waals surface area contributed by atoms with E-state index in [0.29, 0.717) is 12.6 Å². The molecule has 1 aliphatic rings. The Morgan fingerprint density at radius 2 is 1.76 bits per heavy atom. The summed E-state index contributed by atoms with van der Waals surface area (Å²) in [6.07, 6.45) is 2.59. The predicted octanol–water partition coefficient (Wildman–Crippen LogP) is 4.04. The summed E-state index contributed by atoms with van der Waals surface area (Å²) in [7, 11) is 0. The Hall–Kier alpha value is -1.74. The van der Waals surface area contributed by atoms with E-state index in [1.54, 1.807) is 0 Å². The van der Waals surface area contributed by atoms with Crippen LogP contribution in [0.15, 0.2) is 28.7 Å². The smallest absolute Gasteiger partial charge is 0.146 e. The largest absolute Gasteiger partial charge is 0.485 e.